The molecule has 0 saturated carbocycles. The van der Waals surface area contributed by atoms with Crippen molar-refractivity contribution in [1.82, 2.24) is 29.9 Å². The Hall–Kier alpha value is -3.90. The number of carbonyl (C=O) groups excluding carboxylic acids is 1. The predicted molar refractivity (Wildman–Crippen MR) is 141 cm³/mol. The molecule has 4 heterocycles. The van der Waals surface area contributed by atoms with Crippen molar-refractivity contribution in [3.8, 4) is 0 Å². The van der Waals surface area contributed by atoms with E-state index in [9.17, 15) is 4.79 Å². The number of nitrogens with zero attached hydrogens (tertiary/aromatic N) is 8. The number of halogens is 1. The lowest BCUT2D eigenvalue weighted by molar-refractivity contribution is 0.103. The summed E-state index contributed by atoms with van der Waals surface area (Å²) in [5.74, 6) is 2.12. The Labute approximate surface area is 216 Å². The standard InChI is InChI=1S/C23H23ClN10OS/c1-14-4-3-5-16(24)19(14)30-20(35)17-12-27-23(36-17)32-21-28-15(2)29-22(31-21)34-10-8-33(9-11-34)18-13-25-6-7-26-18/h3-7,12-13H,8-11H2,1-2H3,(H,30,35)(H,27,28,29,31,32). The van der Waals surface area contributed by atoms with Crippen molar-refractivity contribution in [2.24, 2.45) is 0 Å². The molecular formula is C23H23ClN10OS. The van der Waals surface area contributed by atoms with Gasteiger partial charge in [-0.25, -0.2) is 9.97 Å². The zero-order valence-electron chi connectivity index (χ0n) is 19.6. The Morgan fingerprint density at radius 2 is 1.81 bits per heavy atom. The number of amides is 1. The number of hydrogen-bond acceptors (Lipinski definition) is 11. The van der Waals surface area contributed by atoms with Crippen LogP contribution < -0.4 is 20.4 Å². The summed E-state index contributed by atoms with van der Waals surface area (Å²) in [5, 5.41) is 6.95. The van der Waals surface area contributed by atoms with Crippen molar-refractivity contribution in [2.75, 3.05) is 46.6 Å². The summed E-state index contributed by atoms with van der Waals surface area (Å²) in [7, 11) is 0. The first kappa shape index (κ1) is 23.8. The van der Waals surface area contributed by atoms with E-state index in [2.05, 4.69) is 50.3 Å². The van der Waals surface area contributed by atoms with Crippen LogP contribution in [0.4, 0.5) is 28.5 Å². The first-order chi connectivity index (χ1) is 17.5. The molecule has 1 fully saturated rings. The minimum absolute atomic E-state index is 0.287. The van der Waals surface area contributed by atoms with Crippen LogP contribution in [0.5, 0.6) is 0 Å². The second kappa shape index (κ2) is 10.4. The molecule has 0 radical (unpaired) electrons. The van der Waals surface area contributed by atoms with Crippen LogP contribution >= 0.6 is 22.9 Å². The van der Waals surface area contributed by atoms with Gasteiger partial charge < -0.3 is 15.1 Å². The molecule has 36 heavy (non-hydrogen) atoms. The summed E-state index contributed by atoms with van der Waals surface area (Å²) >= 11 is 7.43. The Morgan fingerprint density at radius 3 is 2.56 bits per heavy atom. The van der Waals surface area contributed by atoms with E-state index < -0.39 is 0 Å². The molecule has 0 aliphatic carbocycles. The van der Waals surface area contributed by atoms with Gasteiger partial charge in [-0.15, -0.1) is 0 Å². The average Bonchev–Trinajstić information content (AvgIpc) is 3.35. The van der Waals surface area contributed by atoms with Crippen LogP contribution in [-0.4, -0.2) is 62.0 Å². The number of para-hydroxylation sites is 1. The first-order valence-electron chi connectivity index (χ1n) is 11.2. The van der Waals surface area contributed by atoms with Crippen LogP contribution in [0.1, 0.15) is 21.1 Å². The third-order valence-corrected chi connectivity index (χ3v) is 6.81. The number of anilines is 5. The van der Waals surface area contributed by atoms with Gasteiger partial charge in [0.15, 0.2) is 5.13 Å². The number of thiazole rings is 1. The molecule has 13 heteroatoms. The lowest BCUT2D eigenvalue weighted by Gasteiger charge is -2.35. The number of benzene rings is 1. The van der Waals surface area contributed by atoms with E-state index in [1.165, 1.54) is 17.5 Å². The molecule has 184 valence electrons. The minimum atomic E-state index is -0.287. The number of piperazine rings is 1. The molecule has 3 aromatic heterocycles. The molecule has 1 aliphatic heterocycles. The van der Waals surface area contributed by atoms with Gasteiger partial charge in [0.25, 0.3) is 5.91 Å². The molecule has 0 atom stereocenters. The van der Waals surface area contributed by atoms with E-state index in [0.717, 1.165) is 37.6 Å². The third kappa shape index (κ3) is 5.34. The fourth-order valence-electron chi connectivity index (χ4n) is 3.75. The van der Waals surface area contributed by atoms with Crippen molar-refractivity contribution in [1.29, 1.82) is 0 Å². The minimum Gasteiger partial charge on any atom is -0.352 e. The van der Waals surface area contributed by atoms with Crippen molar-refractivity contribution in [3.05, 3.63) is 64.3 Å². The smallest absolute Gasteiger partial charge is 0.267 e. The first-order valence-corrected chi connectivity index (χ1v) is 12.4. The Morgan fingerprint density at radius 1 is 1.00 bits per heavy atom. The number of hydrogen-bond donors (Lipinski definition) is 2. The van der Waals surface area contributed by atoms with E-state index in [0.29, 0.717) is 38.4 Å². The maximum Gasteiger partial charge on any atom is 0.267 e. The zero-order valence-corrected chi connectivity index (χ0v) is 21.2. The molecule has 0 bridgehead atoms. The topological polar surface area (TPSA) is 125 Å². The molecule has 1 saturated heterocycles. The van der Waals surface area contributed by atoms with E-state index >= 15 is 0 Å². The highest BCUT2D eigenvalue weighted by molar-refractivity contribution is 7.17. The highest BCUT2D eigenvalue weighted by atomic mass is 35.5. The number of aromatic nitrogens is 6. The fraction of sp³-hybridized carbons (Fsp3) is 0.261. The molecule has 1 aliphatic rings. The second-order valence-corrected chi connectivity index (χ2v) is 9.52. The number of nitrogens with one attached hydrogen (secondary N) is 2. The van der Waals surface area contributed by atoms with Gasteiger partial charge in [-0.1, -0.05) is 35.1 Å². The molecule has 1 amide bonds. The van der Waals surface area contributed by atoms with Crippen molar-refractivity contribution < 1.29 is 4.79 Å². The lowest BCUT2D eigenvalue weighted by atomic mass is 10.2. The Kier molecular flexibility index (Phi) is 6.87. The van der Waals surface area contributed by atoms with Gasteiger partial charge in [-0.05, 0) is 25.5 Å². The Bertz CT molecular complexity index is 1350. The summed E-state index contributed by atoms with van der Waals surface area (Å²) in [6.07, 6.45) is 6.64. The van der Waals surface area contributed by atoms with Crippen LogP contribution in [0.3, 0.4) is 0 Å². The van der Waals surface area contributed by atoms with Crippen LogP contribution in [0, 0.1) is 13.8 Å². The summed E-state index contributed by atoms with van der Waals surface area (Å²) in [6.45, 7) is 6.74. The molecule has 5 rings (SSSR count). The van der Waals surface area contributed by atoms with Crippen molar-refractivity contribution in [3.63, 3.8) is 0 Å². The normalized spacial score (nSPS) is 13.5. The van der Waals surface area contributed by atoms with E-state index in [1.54, 1.807) is 24.7 Å². The van der Waals surface area contributed by atoms with Gasteiger partial charge in [0.05, 0.1) is 23.1 Å². The molecule has 1 aromatic carbocycles. The number of aryl methyl sites for hydroxylation is 2. The van der Waals surface area contributed by atoms with E-state index in [-0.39, 0.29) is 5.91 Å². The van der Waals surface area contributed by atoms with Gasteiger partial charge in [0, 0.05) is 38.6 Å². The van der Waals surface area contributed by atoms with Crippen molar-refractivity contribution in [2.45, 2.75) is 13.8 Å². The average molecular weight is 523 g/mol. The molecule has 0 spiro atoms. The maximum absolute atomic E-state index is 12.7. The van der Waals surface area contributed by atoms with Crippen LogP contribution in [-0.2, 0) is 0 Å². The van der Waals surface area contributed by atoms with Gasteiger partial charge >= 0.3 is 0 Å². The van der Waals surface area contributed by atoms with Gasteiger partial charge in [-0.2, -0.15) is 15.0 Å². The summed E-state index contributed by atoms with van der Waals surface area (Å²) in [4.78, 5) is 43.8. The molecule has 4 aromatic rings. The zero-order chi connectivity index (χ0) is 25.1. The van der Waals surface area contributed by atoms with Gasteiger partial charge in [0.2, 0.25) is 11.9 Å². The maximum atomic E-state index is 12.7. The van der Waals surface area contributed by atoms with E-state index in [4.69, 9.17) is 11.6 Å². The highest BCUT2D eigenvalue weighted by Crippen LogP contribution is 2.28. The second-order valence-electron chi connectivity index (χ2n) is 8.08. The number of rotatable bonds is 6. The summed E-state index contributed by atoms with van der Waals surface area (Å²) in [5.41, 5.74) is 1.47. The third-order valence-electron chi connectivity index (χ3n) is 5.58. The van der Waals surface area contributed by atoms with Crippen LogP contribution in [0.2, 0.25) is 5.02 Å². The molecule has 11 nitrogen and oxygen atoms in total. The Balaban J connectivity index is 1.25. The van der Waals surface area contributed by atoms with E-state index in [1.807, 2.05) is 26.0 Å². The van der Waals surface area contributed by atoms with Crippen molar-refractivity contribution >= 4 is 57.4 Å². The van der Waals surface area contributed by atoms with Crippen LogP contribution in [0.15, 0.2) is 43.0 Å². The highest BCUT2D eigenvalue weighted by Gasteiger charge is 2.21. The quantitative estimate of drug-likeness (QED) is 0.387. The fourth-order valence-corrected chi connectivity index (χ4v) is 4.73. The predicted octanol–water partition coefficient (Wildman–Crippen LogP) is 3.71. The molecule has 2 N–H and O–H groups in total. The SMILES string of the molecule is Cc1nc(Nc2ncc(C(=O)Nc3c(C)cccc3Cl)s2)nc(N2CCN(c3cnccn3)CC2)n1. The van der Waals surface area contributed by atoms with Gasteiger partial charge in [0.1, 0.15) is 16.5 Å². The molecule has 0 unspecified atom stereocenters. The largest absolute Gasteiger partial charge is 0.352 e. The number of carbonyl (C=O) groups is 1. The lowest BCUT2D eigenvalue weighted by Crippen LogP contribution is -2.47. The monoisotopic (exact) mass is 522 g/mol. The van der Waals surface area contributed by atoms with Crippen LogP contribution in [0.25, 0.3) is 0 Å². The molecular weight excluding hydrogens is 500 g/mol. The summed E-state index contributed by atoms with van der Waals surface area (Å²) < 4.78 is 0. The van der Waals surface area contributed by atoms with Gasteiger partial charge in [-0.3, -0.25) is 15.1 Å². The summed E-state index contributed by atoms with van der Waals surface area (Å²) in [6, 6.07) is 5.46.